The fourth-order valence-corrected chi connectivity index (χ4v) is 3.18. The average Bonchev–Trinajstić information content (AvgIpc) is 3.37. The van der Waals surface area contributed by atoms with Crippen molar-refractivity contribution in [3.63, 3.8) is 0 Å². The topological polar surface area (TPSA) is 91.5 Å². The lowest BCUT2D eigenvalue weighted by Gasteiger charge is -2.07. The molecule has 6 heteroatoms. The van der Waals surface area contributed by atoms with Crippen molar-refractivity contribution < 1.29 is 0 Å². The van der Waals surface area contributed by atoms with Gasteiger partial charge in [0.15, 0.2) is 0 Å². The van der Waals surface area contributed by atoms with Gasteiger partial charge >= 0.3 is 5.69 Å². The zero-order valence-electron chi connectivity index (χ0n) is 13.1. The van der Waals surface area contributed by atoms with Crippen LogP contribution in [0, 0.1) is 6.92 Å². The lowest BCUT2D eigenvalue weighted by Crippen LogP contribution is -2.23. The highest BCUT2D eigenvalue weighted by Crippen LogP contribution is 2.55. The first-order chi connectivity index (χ1) is 11.6. The van der Waals surface area contributed by atoms with E-state index in [0.717, 1.165) is 17.7 Å². The molecule has 2 atom stereocenters. The second-order valence-electron chi connectivity index (χ2n) is 6.12. The van der Waals surface area contributed by atoms with E-state index in [-0.39, 0.29) is 0 Å². The van der Waals surface area contributed by atoms with E-state index in [1.54, 1.807) is 0 Å². The van der Waals surface area contributed by atoms with E-state index in [0.29, 0.717) is 23.1 Å². The van der Waals surface area contributed by atoms with Crippen LogP contribution in [0.15, 0.2) is 52.2 Å². The van der Waals surface area contributed by atoms with Gasteiger partial charge in [-0.15, -0.1) is 5.10 Å². The van der Waals surface area contributed by atoms with Crippen LogP contribution in [0.5, 0.6) is 0 Å². The summed E-state index contributed by atoms with van der Waals surface area (Å²) < 4.78 is 0. The minimum atomic E-state index is -0.532. The van der Waals surface area contributed by atoms with Gasteiger partial charge in [0, 0.05) is 6.20 Å². The van der Waals surface area contributed by atoms with Gasteiger partial charge in [0.2, 0.25) is 0 Å². The second kappa shape index (κ2) is 5.56. The Morgan fingerprint density at radius 3 is 2.62 bits per heavy atom. The summed E-state index contributed by atoms with van der Waals surface area (Å²) in [5.74, 6) is 0.874. The molecule has 0 radical (unpaired) electrons. The molecule has 2 unspecified atom stereocenters. The van der Waals surface area contributed by atoms with Gasteiger partial charge in [-0.1, -0.05) is 30.3 Å². The molecule has 1 fully saturated rings. The number of hydrogen-bond donors (Lipinski definition) is 2. The minimum Gasteiger partial charge on any atom is -0.313 e. The first kappa shape index (κ1) is 14.6. The number of aromatic nitrogens is 4. The van der Waals surface area contributed by atoms with Crippen LogP contribution in [0.3, 0.4) is 0 Å². The van der Waals surface area contributed by atoms with Gasteiger partial charge in [0.25, 0.3) is 5.56 Å². The molecule has 2 heterocycles. The van der Waals surface area contributed by atoms with E-state index in [1.807, 2.05) is 31.2 Å². The van der Waals surface area contributed by atoms with Crippen molar-refractivity contribution in [2.75, 3.05) is 0 Å². The molecule has 1 aliphatic carbocycles. The Labute approximate surface area is 137 Å². The first-order valence-electron chi connectivity index (χ1n) is 7.85. The third-order valence-electron chi connectivity index (χ3n) is 4.53. The summed E-state index contributed by atoms with van der Waals surface area (Å²) in [6, 6.07) is 12.3. The Balaban J connectivity index is 1.71. The molecule has 2 N–H and O–H groups in total. The number of hydrogen-bond acceptors (Lipinski definition) is 4. The van der Waals surface area contributed by atoms with Crippen molar-refractivity contribution in [3.05, 3.63) is 80.3 Å². The third-order valence-corrected chi connectivity index (χ3v) is 4.53. The van der Waals surface area contributed by atoms with Crippen LogP contribution >= 0.6 is 0 Å². The van der Waals surface area contributed by atoms with Crippen LogP contribution in [0.1, 0.15) is 35.1 Å². The fourth-order valence-electron chi connectivity index (χ4n) is 3.18. The third kappa shape index (κ3) is 2.56. The molecule has 1 aliphatic rings. The molecular formula is C18H16N4O2. The smallest absolute Gasteiger partial charge is 0.313 e. The van der Waals surface area contributed by atoms with E-state index in [1.165, 1.54) is 11.8 Å². The molecule has 120 valence electrons. The predicted octanol–water partition coefficient (Wildman–Crippen LogP) is 2.10. The lowest BCUT2D eigenvalue weighted by atomic mass is 10.0. The van der Waals surface area contributed by atoms with Crippen molar-refractivity contribution in [2.45, 2.75) is 25.2 Å². The monoisotopic (exact) mass is 320 g/mol. The highest BCUT2D eigenvalue weighted by atomic mass is 16.2. The quantitative estimate of drug-likeness (QED) is 0.773. The van der Waals surface area contributed by atoms with Crippen molar-refractivity contribution in [3.8, 4) is 11.3 Å². The molecule has 0 aliphatic heterocycles. The first-order valence-corrected chi connectivity index (χ1v) is 7.85. The molecule has 24 heavy (non-hydrogen) atoms. The molecule has 1 aromatic carbocycles. The Morgan fingerprint density at radius 2 is 1.88 bits per heavy atom. The van der Waals surface area contributed by atoms with E-state index in [4.69, 9.17) is 0 Å². The maximum atomic E-state index is 12.0. The highest BCUT2D eigenvalue weighted by Gasteiger charge is 2.40. The Bertz CT molecular complexity index is 1010. The summed E-state index contributed by atoms with van der Waals surface area (Å²) in [5, 5.41) is 8.33. The molecule has 0 amide bonds. The van der Waals surface area contributed by atoms with Crippen molar-refractivity contribution in [1.29, 1.82) is 0 Å². The Hall–Kier alpha value is -3.02. The summed E-state index contributed by atoms with van der Waals surface area (Å²) in [4.78, 5) is 27.8. The zero-order chi connectivity index (χ0) is 16.7. The van der Waals surface area contributed by atoms with Crippen LogP contribution in [0.25, 0.3) is 11.3 Å². The van der Waals surface area contributed by atoms with E-state index in [2.05, 4.69) is 32.3 Å². The van der Waals surface area contributed by atoms with Gasteiger partial charge in [-0.3, -0.25) is 9.78 Å². The van der Waals surface area contributed by atoms with Crippen molar-refractivity contribution in [1.82, 2.24) is 20.2 Å². The van der Waals surface area contributed by atoms with Gasteiger partial charge in [0.05, 0.1) is 11.3 Å². The molecule has 2 aromatic heterocycles. The maximum Gasteiger partial charge on any atom is 0.325 e. The normalized spacial score (nSPS) is 19.2. The number of H-pyrrole nitrogens is 2. The van der Waals surface area contributed by atoms with E-state index >= 15 is 0 Å². The summed E-state index contributed by atoms with van der Waals surface area (Å²) in [6.07, 6.45) is 2.45. The SMILES string of the molecule is Cc1nnc(-c2c[nH]c(=O)[nH]c2=O)cc1C1CC1c1ccccc1. The fraction of sp³-hybridized carbons (Fsp3) is 0.222. The minimum absolute atomic E-state index is 0.320. The summed E-state index contributed by atoms with van der Waals surface area (Å²) in [6.45, 7) is 1.93. The number of aryl methyl sites for hydroxylation is 1. The zero-order valence-corrected chi connectivity index (χ0v) is 13.1. The molecule has 0 bridgehead atoms. The average molecular weight is 320 g/mol. The molecule has 1 saturated carbocycles. The molecular weight excluding hydrogens is 304 g/mol. The summed E-state index contributed by atoms with van der Waals surface area (Å²) in [5.41, 5.74) is 3.12. The van der Waals surface area contributed by atoms with Crippen LogP contribution in [-0.4, -0.2) is 20.2 Å². The second-order valence-corrected chi connectivity index (χ2v) is 6.12. The highest BCUT2D eigenvalue weighted by molar-refractivity contribution is 5.58. The van der Waals surface area contributed by atoms with E-state index in [9.17, 15) is 9.59 Å². The molecule has 6 nitrogen and oxygen atoms in total. The van der Waals surface area contributed by atoms with Crippen molar-refractivity contribution in [2.24, 2.45) is 0 Å². The summed E-state index contributed by atoms with van der Waals surface area (Å²) in [7, 11) is 0. The van der Waals surface area contributed by atoms with E-state index < -0.39 is 11.2 Å². The van der Waals surface area contributed by atoms with Gasteiger partial charge < -0.3 is 4.98 Å². The van der Waals surface area contributed by atoms with Gasteiger partial charge in [-0.2, -0.15) is 5.10 Å². The number of nitrogens with one attached hydrogen (secondary N) is 2. The van der Waals surface area contributed by atoms with Crippen LogP contribution in [-0.2, 0) is 0 Å². The van der Waals surface area contributed by atoms with Gasteiger partial charge in [-0.25, -0.2) is 4.79 Å². The molecule has 3 aromatic rings. The standard InChI is InChI=1S/C18H16N4O2/c1-10-12(14-7-13(14)11-5-3-2-4-6-11)8-16(22-21-10)15-9-19-18(24)20-17(15)23/h2-6,8-9,13-14H,7H2,1H3,(H2,19,20,23,24). The van der Waals surface area contributed by atoms with Gasteiger partial charge in [-0.05, 0) is 42.4 Å². The molecule has 4 rings (SSSR count). The van der Waals surface area contributed by atoms with Crippen LogP contribution in [0.2, 0.25) is 0 Å². The number of benzene rings is 1. The molecule has 0 saturated heterocycles. The van der Waals surface area contributed by atoms with Crippen LogP contribution in [0.4, 0.5) is 0 Å². The largest absolute Gasteiger partial charge is 0.325 e. The predicted molar refractivity (Wildman–Crippen MR) is 90.0 cm³/mol. The molecule has 0 spiro atoms. The van der Waals surface area contributed by atoms with Crippen LogP contribution < -0.4 is 11.2 Å². The Kier molecular flexibility index (Phi) is 3.37. The van der Waals surface area contributed by atoms with Crippen molar-refractivity contribution >= 4 is 0 Å². The lowest BCUT2D eigenvalue weighted by molar-refractivity contribution is 0.911. The number of aromatic amines is 2. The number of nitrogens with zero attached hydrogens (tertiary/aromatic N) is 2. The number of rotatable bonds is 3. The van der Waals surface area contributed by atoms with Gasteiger partial charge in [0.1, 0.15) is 5.69 Å². The summed E-state index contributed by atoms with van der Waals surface area (Å²) >= 11 is 0. The maximum absolute atomic E-state index is 12.0. The Morgan fingerprint density at radius 1 is 1.08 bits per heavy atom.